The number of aliphatic hydroxyl groups is 1. The average molecular weight is 405 g/mol. The second-order valence-electron chi connectivity index (χ2n) is 3.87. The molecule has 1 atom stereocenters. The molecule has 1 amide bonds. The minimum Gasteiger partial charge on any atom is -0.387 e. The predicted molar refractivity (Wildman–Crippen MR) is 83.5 cm³/mol. The highest BCUT2D eigenvalue weighted by molar-refractivity contribution is 9.13. The van der Waals surface area contributed by atoms with Gasteiger partial charge >= 0.3 is 0 Å². The van der Waals surface area contributed by atoms with E-state index in [9.17, 15) is 9.90 Å². The molecule has 2 aromatic rings. The van der Waals surface area contributed by atoms with E-state index in [-0.39, 0.29) is 12.5 Å². The first-order valence-electron chi connectivity index (χ1n) is 5.54. The van der Waals surface area contributed by atoms with Crippen LogP contribution < -0.4 is 5.32 Å². The van der Waals surface area contributed by atoms with E-state index in [1.165, 1.54) is 11.3 Å². The molecular formula is C13H11Br2NO2S. The zero-order chi connectivity index (χ0) is 13.8. The number of carbonyl (C=O) groups excluding carboxylic acids is 1. The fourth-order valence-corrected chi connectivity index (χ4v) is 3.48. The van der Waals surface area contributed by atoms with Crippen LogP contribution in [0.15, 0.2) is 44.7 Å². The topological polar surface area (TPSA) is 49.3 Å². The van der Waals surface area contributed by atoms with Crippen LogP contribution in [0.5, 0.6) is 0 Å². The third kappa shape index (κ3) is 3.89. The standard InChI is InChI=1S/C13H11Br2NO2S/c14-9-6-11(19-12(9)15)13(18)16-7-10(17)8-4-2-1-3-5-8/h1-6,10,17H,7H2,(H,16,18). The van der Waals surface area contributed by atoms with Crippen molar-refractivity contribution in [1.82, 2.24) is 5.32 Å². The summed E-state index contributed by atoms with van der Waals surface area (Å²) >= 11 is 8.02. The Kier molecular flexibility index (Phi) is 5.15. The van der Waals surface area contributed by atoms with E-state index in [1.54, 1.807) is 6.07 Å². The van der Waals surface area contributed by atoms with Gasteiger partial charge in [0.1, 0.15) is 0 Å². The van der Waals surface area contributed by atoms with E-state index in [4.69, 9.17) is 0 Å². The van der Waals surface area contributed by atoms with E-state index in [0.29, 0.717) is 4.88 Å². The van der Waals surface area contributed by atoms with Gasteiger partial charge in [-0.2, -0.15) is 0 Å². The Morgan fingerprint density at radius 3 is 2.58 bits per heavy atom. The summed E-state index contributed by atoms with van der Waals surface area (Å²) in [6.45, 7) is 0.190. The van der Waals surface area contributed by atoms with Crippen molar-refractivity contribution in [2.45, 2.75) is 6.10 Å². The second-order valence-corrected chi connectivity index (χ2v) is 7.09. The van der Waals surface area contributed by atoms with Crippen LogP contribution in [0.3, 0.4) is 0 Å². The van der Waals surface area contributed by atoms with Crippen molar-refractivity contribution in [3.63, 3.8) is 0 Å². The monoisotopic (exact) mass is 403 g/mol. The summed E-state index contributed by atoms with van der Waals surface area (Å²) in [5, 5.41) is 12.7. The zero-order valence-electron chi connectivity index (χ0n) is 9.77. The Morgan fingerprint density at radius 2 is 2.00 bits per heavy atom. The molecule has 2 N–H and O–H groups in total. The summed E-state index contributed by atoms with van der Waals surface area (Å²) in [4.78, 5) is 12.5. The summed E-state index contributed by atoms with van der Waals surface area (Å²) in [7, 11) is 0. The van der Waals surface area contributed by atoms with Crippen molar-refractivity contribution in [1.29, 1.82) is 0 Å². The second kappa shape index (κ2) is 6.65. The fraction of sp³-hybridized carbons (Fsp3) is 0.154. The molecule has 0 spiro atoms. The summed E-state index contributed by atoms with van der Waals surface area (Å²) in [6, 6.07) is 11.0. The van der Waals surface area contributed by atoms with Crippen molar-refractivity contribution in [2.24, 2.45) is 0 Å². The third-order valence-electron chi connectivity index (χ3n) is 2.51. The van der Waals surface area contributed by atoms with E-state index < -0.39 is 6.10 Å². The maximum Gasteiger partial charge on any atom is 0.261 e. The van der Waals surface area contributed by atoms with Gasteiger partial charge in [-0.25, -0.2) is 0 Å². The third-order valence-corrected chi connectivity index (χ3v) is 5.76. The van der Waals surface area contributed by atoms with E-state index in [1.807, 2.05) is 30.3 Å². The molecule has 2 rings (SSSR count). The Labute approximate surface area is 131 Å². The lowest BCUT2D eigenvalue weighted by Crippen LogP contribution is -2.27. The van der Waals surface area contributed by atoms with Gasteiger partial charge in [0.05, 0.1) is 14.8 Å². The highest BCUT2D eigenvalue weighted by Crippen LogP contribution is 2.32. The Hall–Kier alpha value is -0.690. The molecule has 0 aliphatic heterocycles. The lowest BCUT2D eigenvalue weighted by molar-refractivity contribution is 0.0920. The Bertz CT molecular complexity index is 552. The number of hydrogen-bond acceptors (Lipinski definition) is 3. The number of amides is 1. The number of aliphatic hydroxyl groups excluding tert-OH is 1. The van der Waals surface area contributed by atoms with Crippen LogP contribution in [0.2, 0.25) is 0 Å². The quantitative estimate of drug-likeness (QED) is 0.815. The van der Waals surface area contributed by atoms with E-state index in [2.05, 4.69) is 37.2 Å². The molecule has 0 fully saturated rings. The van der Waals surface area contributed by atoms with Crippen molar-refractivity contribution in [2.75, 3.05) is 6.54 Å². The first kappa shape index (κ1) is 14.7. The first-order valence-corrected chi connectivity index (χ1v) is 7.94. The minimum atomic E-state index is -0.697. The maximum absolute atomic E-state index is 11.9. The summed E-state index contributed by atoms with van der Waals surface area (Å²) in [5.41, 5.74) is 0.788. The average Bonchev–Trinajstić information content (AvgIpc) is 2.77. The van der Waals surface area contributed by atoms with Crippen LogP contribution in [0.4, 0.5) is 0 Å². The van der Waals surface area contributed by atoms with Gasteiger partial charge in [0.25, 0.3) is 5.91 Å². The van der Waals surface area contributed by atoms with Crippen molar-refractivity contribution < 1.29 is 9.90 Å². The molecule has 100 valence electrons. The van der Waals surface area contributed by atoms with Crippen LogP contribution in [-0.2, 0) is 0 Å². The minimum absolute atomic E-state index is 0.189. The van der Waals surface area contributed by atoms with Gasteiger partial charge in [-0.1, -0.05) is 30.3 Å². The smallest absolute Gasteiger partial charge is 0.261 e. The number of thiophene rings is 1. The van der Waals surface area contributed by atoms with Gasteiger partial charge in [-0.15, -0.1) is 11.3 Å². The molecule has 6 heteroatoms. The predicted octanol–water partition coefficient (Wildman–Crippen LogP) is 3.74. The molecule has 19 heavy (non-hydrogen) atoms. The lowest BCUT2D eigenvalue weighted by atomic mass is 10.1. The molecule has 0 aliphatic rings. The van der Waals surface area contributed by atoms with Gasteiger partial charge in [0.2, 0.25) is 0 Å². The van der Waals surface area contributed by atoms with Gasteiger partial charge in [-0.05, 0) is 43.5 Å². The molecule has 0 saturated carbocycles. The molecule has 1 aromatic heterocycles. The number of nitrogens with one attached hydrogen (secondary N) is 1. The highest BCUT2D eigenvalue weighted by Gasteiger charge is 2.14. The van der Waals surface area contributed by atoms with Crippen LogP contribution in [-0.4, -0.2) is 17.6 Å². The normalized spacial score (nSPS) is 12.2. The lowest BCUT2D eigenvalue weighted by Gasteiger charge is -2.11. The molecule has 0 radical (unpaired) electrons. The van der Waals surface area contributed by atoms with Crippen molar-refractivity contribution in [3.8, 4) is 0 Å². The molecule has 1 unspecified atom stereocenters. The van der Waals surface area contributed by atoms with Crippen molar-refractivity contribution >= 4 is 49.1 Å². The van der Waals surface area contributed by atoms with Crippen LogP contribution >= 0.6 is 43.2 Å². The highest BCUT2D eigenvalue weighted by atomic mass is 79.9. The summed E-state index contributed by atoms with van der Waals surface area (Å²) < 4.78 is 1.73. The molecule has 0 aliphatic carbocycles. The molecule has 3 nitrogen and oxygen atoms in total. The fourth-order valence-electron chi connectivity index (χ4n) is 1.53. The van der Waals surface area contributed by atoms with Crippen LogP contribution in [0.25, 0.3) is 0 Å². The van der Waals surface area contributed by atoms with Gasteiger partial charge < -0.3 is 10.4 Å². The van der Waals surface area contributed by atoms with Crippen molar-refractivity contribution in [3.05, 3.63) is 55.1 Å². The summed E-state index contributed by atoms with van der Waals surface area (Å²) in [6.07, 6.45) is -0.697. The maximum atomic E-state index is 11.9. The zero-order valence-corrected chi connectivity index (χ0v) is 13.8. The first-order chi connectivity index (χ1) is 9.08. The van der Waals surface area contributed by atoms with Crippen LogP contribution in [0, 0.1) is 0 Å². The van der Waals surface area contributed by atoms with Gasteiger partial charge in [-0.3, -0.25) is 4.79 Å². The van der Waals surface area contributed by atoms with E-state index in [0.717, 1.165) is 13.8 Å². The Balaban J connectivity index is 1.94. The molecular weight excluding hydrogens is 394 g/mol. The SMILES string of the molecule is O=C(NCC(O)c1ccccc1)c1cc(Br)c(Br)s1. The molecule has 0 bridgehead atoms. The molecule has 1 aromatic carbocycles. The summed E-state index contributed by atoms with van der Waals surface area (Å²) in [5.74, 6) is -0.189. The number of hydrogen-bond donors (Lipinski definition) is 2. The van der Waals surface area contributed by atoms with Crippen LogP contribution in [0.1, 0.15) is 21.3 Å². The number of halogens is 2. The van der Waals surface area contributed by atoms with Gasteiger partial charge in [0, 0.05) is 11.0 Å². The van der Waals surface area contributed by atoms with E-state index >= 15 is 0 Å². The number of rotatable bonds is 4. The van der Waals surface area contributed by atoms with Gasteiger partial charge in [0.15, 0.2) is 0 Å². The molecule has 1 heterocycles. The Morgan fingerprint density at radius 1 is 1.32 bits per heavy atom. The largest absolute Gasteiger partial charge is 0.387 e. The molecule has 0 saturated heterocycles. The number of benzene rings is 1. The number of carbonyl (C=O) groups is 1.